The first-order valence-corrected chi connectivity index (χ1v) is 11.5. The van der Waals surface area contributed by atoms with Crippen LogP contribution in [-0.4, -0.2) is 30.7 Å². The van der Waals surface area contributed by atoms with Gasteiger partial charge in [-0.3, -0.25) is 4.90 Å². The summed E-state index contributed by atoms with van der Waals surface area (Å²) in [6.45, 7) is 5.87. The molecule has 4 rings (SSSR count). The predicted molar refractivity (Wildman–Crippen MR) is 127 cm³/mol. The molecule has 1 atom stereocenters. The van der Waals surface area contributed by atoms with Gasteiger partial charge in [-0.15, -0.1) is 0 Å². The van der Waals surface area contributed by atoms with E-state index in [1.54, 1.807) is 18.2 Å². The summed E-state index contributed by atoms with van der Waals surface area (Å²) in [7, 11) is 2.04. The van der Waals surface area contributed by atoms with Crippen LogP contribution in [0.15, 0.2) is 72.8 Å². The van der Waals surface area contributed by atoms with E-state index in [-0.39, 0.29) is 5.56 Å². The van der Waals surface area contributed by atoms with E-state index in [4.69, 9.17) is 9.47 Å². The highest BCUT2D eigenvalue weighted by Crippen LogP contribution is 2.48. The summed E-state index contributed by atoms with van der Waals surface area (Å²) in [5.74, 6) is 0.809. The van der Waals surface area contributed by atoms with Crippen molar-refractivity contribution in [3.63, 3.8) is 0 Å². The lowest BCUT2D eigenvalue weighted by molar-refractivity contribution is -0.138. The zero-order valence-electron chi connectivity index (χ0n) is 19.7. The Labute approximate surface area is 199 Å². The summed E-state index contributed by atoms with van der Waals surface area (Å²) >= 11 is 0. The third kappa shape index (κ3) is 5.73. The molecular formula is C28H30F3NO2. The smallest absolute Gasteiger partial charge is 0.416 e. The summed E-state index contributed by atoms with van der Waals surface area (Å²) in [4.78, 5) is 2.18. The Balaban J connectivity index is 1.50. The predicted octanol–water partition coefficient (Wildman–Crippen LogP) is 6.91. The Hall–Kier alpha value is -2.99. The fourth-order valence-electron chi connectivity index (χ4n) is 4.55. The van der Waals surface area contributed by atoms with Gasteiger partial charge in [-0.2, -0.15) is 13.2 Å². The van der Waals surface area contributed by atoms with Crippen molar-refractivity contribution in [3.05, 3.63) is 95.1 Å². The van der Waals surface area contributed by atoms with E-state index in [0.29, 0.717) is 24.5 Å². The van der Waals surface area contributed by atoms with Crippen molar-refractivity contribution in [1.82, 2.24) is 4.90 Å². The van der Waals surface area contributed by atoms with Crippen LogP contribution in [0.3, 0.4) is 0 Å². The van der Waals surface area contributed by atoms with Crippen LogP contribution >= 0.6 is 0 Å². The molecule has 6 heteroatoms. The molecule has 0 bridgehead atoms. The van der Waals surface area contributed by atoms with Gasteiger partial charge in [-0.1, -0.05) is 54.6 Å². The summed E-state index contributed by atoms with van der Waals surface area (Å²) in [5.41, 5.74) is 1.07. The zero-order valence-corrected chi connectivity index (χ0v) is 19.7. The number of hydrogen-bond acceptors (Lipinski definition) is 3. The summed E-state index contributed by atoms with van der Waals surface area (Å²) in [5, 5.41) is 0. The molecule has 180 valence electrons. The zero-order chi connectivity index (χ0) is 24.3. The maximum atomic E-state index is 13.7. The molecule has 0 saturated heterocycles. The normalized spacial score (nSPS) is 17.2. The Morgan fingerprint density at radius 1 is 0.971 bits per heavy atom. The van der Waals surface area contributed by atoms with Crippen molar-refractivity contribution in [2.75, 3.05) is 20.2 Å². The fourth-order valence-corrected chi connectivity index (χ4v) is 4.55. The first-order valence-electron chi connectivity index (χ1n) is 11.5. The molecule has 0 spiro atoms. The molecule has 0 aromatic heterocycles. The third-order valence-corrected chi connectivity index (χ3v) is 6.12. The minimum absolute atomic E-state index is 0.281. The van der Waals surface area contributed by atoms with Gasteiger partial charge in [0.1, 0.15) is 23.7 Å². The second kappa shape index (κ2) is 9.71. The van der Waals surface area contributed by atoms with Crippen molar-refractivity contribution >= 4 is 0 Å². The highest BCUT2D eigenvalue weighted by Gasteiger charge is 2.40. The van der Waals surface area contributed by atoms with Crippen LogP contribution in [0.5, 0.6) is 11.5 Å². The van der Waals surface area contributed by atoms with Crippen molar-refractivity contribution in [2.45, 2.75) is 44.5 Å². The van der Waals surface area contributed by atoms with E-state index in [1.807, 2.05) is 51.2 Å². The first-order chi connectivity index (χ1) is 16.1. The van der Waals surface area contributed by atoms with Crippen LogP contribution in [-0.2, 0) is 12.7 Å². The van der Waals surface area contributed by atoms with Crippen molar-refractivity contribution in [2.24, 2.45) is 0 Å². The van der Waals surface area contributed by atoms with Crippen LogP contribution in [0.2, 0.25) is 0 Å². The van der Waals surface area contributed by atoms with E-state index in [2.05, 4.69) is 17.0 Å². The van der Waals surface area contributed by atoms with Gasteiger partial charge in [0.2, 0.25) is 0 Å². The highest BCUT2D eigenvalue weighted by molar-refractivity contribution is 5.50. The van der Waals surface area contributed by atoms with Crippen LogP contribution in [0.25, 0.3) is 0 Å². The monoisotopic (exact) mass is 469 g/mol. The first kappa shape index (κ1) is 24.1. The standard InChI is InChI=1S/C28H30F3NO2/c1-27(2)18-24(22-11-7-8-12-25(22)28(29,30)31)23-14-13-21(17-26(23)34-27)33-16-15-32(3)19-20-9-5-4-6-10-20/h4-14,17,24H,15-16,18-19H2,1-3H3. The quantitative estimate of drug-likeness (QED) is 0.375. The van der Waals surface area contributed by atoms with Crippen molar-refractivity contribution < 1.29 is 22.6 Å². The van der Waals surface area contributed by atoms with Crippen molar-refractivity contribution in [1.29, 1.82) is 0 Å². The largest absolute Gasteiger partial charge is 0.492 e. The van der Waals surface area contributed by atoms with Gasteiger partial charge in [-0.25, -0.2) is 0 Å². The number of alkyl halides is 3. The van der Waals surface area contributed by atoms with Gasteiger partial charge >= 0.3 is 6.18 Å². The Kier molecular flexibility index (Phi) is 6.89. The van der Waals surface area contributed by atoms with Gasteiger partial charge < -0.3 is 9.47 Å². The number of likely N-dealkylation sites (N-methyl/N-ethyl adjacent to an activating group) is 1. The molecule has 0 saturated carbocycles. The van der Waals surface area contributed by atoms with Crippen LogP contribution in [0.1, 0.15) is 48.4 Å². The Bertz CT molecular complexity index is 1110. The molecule has 0 amide bonds. The Morgan fingerprint density at radius 3 is 2.41 bits per heavy atom. The van der Waals surface area contributed by atoms with Crippen LogP contribution < -0.4 is 9.47 Å². The van der Waals surface area contributed by atoms with Gasteiger partial charge in [0, 0.05) is 30.6 Å². The average molecular weight is 470 g/mol. The number of benzene rings is 3. The molecule has 0 N–H and O–H groups in total. The number of nitrogens with zero attached hydrogens (tertiary/aromatic N) is 1. The summed E-state index contributed by atoms with van der Waals surface area (Å²) < 4.78 is 53.3. The third-order valence-electron chi connectivity index (χ3n) is 6.12. The van der Waals surface area contributed by atoms with Gasteiger partial charge in [0.25, 0.3) is 0 Å². The van der Waals surface area contributed by atoms with E-state index < -0.39 is 23.3 Å². The van der Waals surface area contributed by atoms with Crippen LogP contribution in [0, 0.1) is 0 Å². The van der Waals surface area contributed by atoms with E-state index in [1.165, 1.54) is 11.6 Å². The molecule has 0 fully saturated rings. The SMILES string of the molecule is CN(CCOc1ccc2c(c1)OC(C)(C)CC2c1ccccc1C(F)(F)F)Cc1ccccc1. The maximum Gasteiger partial charge on any atom is 0.416 e. The lowest BCUT2D eigenvalue weighted by Gasteiger charge is -2.38. The molecule has 3 aromatic rings. The minimum atomic E-state index is -4.41. The lowest BCUT2D eigenvalue weighted by Crippen LogP contribution is -2.35. The summed E-state index contributed by atoms with van der Waals surface area (Å²) in [6, 6.07) is 21.5. The number of halogens is 3. The number of ether oxygens (including phenoxy) is 2. The molecule has 0 radical (unpaired) electrons. The molecule has 1 aliphatic rings. The molecule has 3 nitrogen and oxygen atoms in total. The molecule has 34 heavy (non-hydrogen) atoms. The maximum absolute atomic E-state index is 13.7. The van der Waals surface area contributed by atoms with Gasteiger partial charge in [-0.05, 0) is 50.6 Å². The highest BCUT2D eigenvalue weighted by atomic mass is 19.4. The summed E-state index contributed by atoms with van der Waals surface area (Å²) in [6.07, 6.45) is -3.95. The van der Waals surface area contributed by atoms with E-state index >= 15 is 0 Å². The Morgan fingerprint density at radius 2 is 1.68 bits per heavy atom. The van der Waals surface area contributed by atoms with Crippen molar-refractivity contribution in [3.8, 4) is 11.5 Å². The number of rotatable bonds is 7. The number of fused-ring (bicyclic) bond motifs is 1. The van der Waals surface area contributed by atoms with Gasteiger partial charge in [0.15, 0.2) is 0 Å². The average Bonchev–Trinajstić information content (AvgIpc) is 2.78. The number of hydrogen-bond donors (Lipinski definition) is 0. The molecule has 1 aliphatic heterocycles. The lowest BCUT2D eigenvalue weighted by atomic mass is 9.78. The molecule has 1 unspecified atom stereocenters. The minimum Gasteiger partial charge on any atom is -0.492 e. The molecular weight excluding hydrogens is 439 g/mol. The molecule has 1 heterocycles. The van der Waals surface area contributed by atoms with Crippen LogP contribution in [0.4, 0.5) is 13.2 Å². The molecule has 3 aromatic carbocycles. The molecule has 0 aliphatic carbocycles. The second-order valence-corrected chi connectivity index (χ2v) is 9.47. The van der Waals surface area contributed by atoms with E-state index in [0.717, 1.165) is 24.7 Å². The van der Waals surface area contributed by atoms with Gasteiger partial charge in [0.05, 0.1) is 5.56 Å². The topological polar surface area (TPSA) is 21.7 Å². The second-order valence-electron chi connectivity index (χ2n) is 9.47. The van der Waals surface area contributed by atoms with E-state index in [9.17, 15) is 13.2 Å². The fraction of sp³-hybridized carbons (Fsp3) is 0.357.